The molecule has 6 nitrogen and oxygen atoms in total. The van der Waals surface area contributed by atoms with E-state index in [9.17, 15) is 4.79 Å². The largest absolute Gasteiger partial charge is 0.481 e. The molecule has 0 amide bonds. The quantitative estimate of drug-likeness (QED) is 0.858. The molecule has 2 aromatic heterocycles. The lowest BCUT2D eigenvalue weighted by molar-refractivity contribution is -0.133. The number of aliphatic carboxylic acids is 1. The van der Waals surface area contributed by atoms with Gasteiger partial charge in [0.05, 0.1) is 11.4 Å². The molecule has 0 aliphatic heterocycles. The molecule has 0 radical (unpaired) electrons. The average Bonchev–Trinajstić information content (AvgIpc) is 2.66. The Kier molecular flexibility index (Phi) is 3.84. The number of rotatable bonds is 4. The molecule has 7 heteroatoms. The Morgan fingerprint density at radius 1 is 1.26 bits per heavy atom. The third-order valence-electron chi connectivity index (χ3n) is 2.31. The fourth-order valence-electron chi connectivity index (χ4n) is 1.68. The summed E-state index contributed by atoms with van der Waals surface area (Å²) in [5.41, 5.74) is 1.67. The van der Waals surface area contributed by atoms with Crippen molar-refractivity contribution in [2.75, 3.05) is 5.75 Å². The van der Waals surface area contributed by atoms with Crippen LogP contribution >= 0.6 is 11.8 Å². The van der Waals surface area contributed by atoms with Gasteiger partial charge in [-0.05, 0) is 26.8 Å². The van der Waals surface area contributed by atoms with Crippen molar-refractivity contribution < 1.29 is 9.90 Å². The van der Waals surface area contributed by atoms with E-state index in [1.54, 1.807) is 4.68 Å². The molecule has 2 rings (SSSR count). The summed E-state index contributed by atoms with van der Waals surface area (Å²) in [6.07, 6.45) is 0. The van der Waals surface area contributed by atoms with Crippen LogP contribution in [0, 0.1) is 20.8 Å². The maximum Gasteiger partial charge on any atom is 0.313 e. The molecule has 0 aromatic carbocycles. The van der Waals surface area contributed by atoms with Gasteiger partial charge >= 0.3 is 5.97 Å². The van der Waals surface area contributed by atoms with Crippen molar-refractivity contribution in [1.82, 2.24) is 19.7 Å². The van der Waals surface area contributed by atoms with Crippen molar-refractivity contribution in [3.05, 3.63) is 29.3 Å². The molecular formula is C12H14N4O2S. The van der Waals surface area contributed by atoms with Crippen molar-refractivity contribution in [3.63, 3.8) is 0 Å². The van der Waals surface area contributed by atoms with E-state index in [1.165, 1.54) is 11.8 Å². The van der Waals surface area contributed by atoms with Crippen molar-refractivity contribution in [2.45, 2.75) is 25.8 Å². The molecule has 100 valence electrons. The van der Waals surface area contributed by atoms with Crippen LogP contribution in [0.3, 0.4) is 0 Å². The van der Waals surface area contributed by atoms with Crippen molar-refractivity contribution in [2.24, 2.45) is 0 Å². The van der Waals surface area contributed by atoms with Crippen LogP contribution in [0.1, 0.15) is 17.2 Å². The van der Waals surface area contributed by atoms with Gasteiger partial charge in [-0.15, -0.1) is 0 Å². The third kappa shape index (κ3) is 3.31. The SMILES string of the molecule is Cc1cc(-n2nc(C)cc2SCC(=O)O)nc(C)n1. The lowest BCUT2D eigenvalue weighted by Crippen LogP contribution is -2.06. The monoisotopic (exact) mass is 278 g/mol. The van der Waals surface area contributed by atoms with E-state index >= 15 is 0 Å². The molecule has 0 aliphatic rings. The zero-order chi connectivity index (χ0) is 14.0. The predicted octanol–water partition coefficient (Wildman–Crippen LogP) is 1.76. The minimum atomic E-state index is -0.856. The zero-order valence-electron chi connectivity index (χ0n) is 10.9. The number of aromatic nitrogens is 4. The summed E-state index contributed by atoms with van der Waals surface area (Å²) in [4.78, 5) is 19.2. The molecule has 2 aromatic rings. The molecule has 0 saturated heterocycles. The van der Waals surface area contributed by atoms with Crippen molar-refractivity contribution in [1.29, 1.82) is 0 Å². The summed E-state index contributed by atoms with van der Waals surface area (Å²) >= 11 is 1.22. The fourth-order valence-corrected chi connectivity index (χ4v) is 2.47. The highest BCUT2D eigenvalue weighted by Crippen LogP contribution is 2.22. The minimum Gasteiger partial charge on any atom is -0.481 e. The second-order valence-electron chi connectivity index (χ2n) is 4.13. The number of carbonyl (C=O) groups is 1. The molecule has 0 bridgehead atoms. The average molecular weight is 278 g/mol. The summed E-state index contributed by atoms with van der Waals surface area (Å²) in [5.74, 6) is 0.461. The molecule has 0 unspecified atom stereocenters. The Bertz CT molecular complexity index is 604. The molecular weight excluding hydrogens is 264 g/mol. The van der Waals surface area contributed by atoms with Gasteiger partial charge in [0.2, 0.25) is 0 Å². The fraction of sp³-hybridized carbons (Fsp3) is 0.333. The number of hydrogen-bond acceptors (Lipinski definition) is 5. The second kappa shape index (κ2) is 5.40. The van der Waals surface area contributed by atoms with Gasteiger partial charge < -0.3 is 5.11 Å². The first-order valence-electron chi connectivity index (χ1n) is 5.69. The van der Waals surface area contributed by atoms with Crippen molar-refractivity contribution in [3.8, 4) is 5.82 Å². The summed E-state index contributed by atoms with van der Waals surface area (Å²) in [5, 5.41) is 13.9. The van der Waals surface area contributed by atoms with Crippen molar-refractivity contribution >= 4 is 17.7 Å². The van der Waals surface area contributed by atoms with Gasteiger partial charge in [0.1, 0.15) is 10.9 Å². The topological polar surface area (TPSA) is 80.9 Å². The highest BCUT2D eigenvalue weighted by molar-refractivity contribution is 7.99. The van der Waals surface area contributed by atoms with E-state index in [0.29, 0.717) is 11.6 Å². The smallest absolute Gasteiger partial charge is 0.313 e. The Morgan fingerprint density at radius 3 is 2.63 bits per heavy atom. The molecule has 19 heavy (non-hydrogen) atoms. The number of thioether (sulfide) groups is 1. The van der Waals surface area contributed by atoms with Crippen LogP contribution in [0.2, 0.25) is 0 Å². The normalized spacial score (nSPS) is 10.7. The van der Waals surface area contributed by atoms with Gasteiger partial charge in [-0.3, -0.25) is 4.79 Å². The Morgan fingerprint density at radius 2 is 2.00 bits per heavy atom. The van der Waals surface area contributed by atoms with E-state index in [0.717, 1.165) is 16.4 Å². The van der Waals surface area contributed by atoms with Gasteiger partial charge in [-0.1, -0.05) is 11.8 Å². The van der Waals surface area contributed by atoms with Crippen LogP contribution in [0.15, 0.2) is 17.2 Å². The standard InChI is InChI=1S/C12H14N4O2S/c1-7-4-10(14-9(3)13-7)16-11(5-8(2)15-16)19-6-12(17)18/h4-5H,6H2,1-3H3,(H,17,18). The number of carboxylic acids is 1. The zero-order valence-corrected chi connectivity index (χ0v) is 11.7. The van der Waals surface area contributed by atoms with E-state index < -0.39 is 5.97 Å². The number of hydrogen-bond donors (Lipinski definition) is 1. The highest BCUT2D eigenvalue weighted by atomic mass is 32.2. The molecule has 0 fully saturated rings. The second-order valence-corrected chi connectivity index (χ2v) is 5.13. The Balaban J connectivity index is 2.40. The van der Waals surface area contributed by atoms with Gasteiger partial charge in [0, 0.05) is 11.8 Å². The van der Waals surface area contributed by atoms with Crippen LogP contribution in [0.5, 0.6) is 0 Å². The van der Waals surface area contributed by atoms with E-state index in [4.69, 9.17) is 5.11 Å². The maximum atomic E-state index is 10.7. The summed E-state index contributed by atoms with van der Waals surface area (Å²) in [7, 11) is 0. The predicted molar refractivity (Wildman–Crippen MR) is 71.7 cm³/mol. The van der Waals surface area contributed by atoms with E-state index in [2.05, 4.69) is 15.1 Å². The Labute approximate surface area is 114 Å². The molecule has 0 atom stereocenters. The number of nitrogens with zero attached hydrogens (tertiary/aromatic N) is 4. The first kappa shape index (κ1) is 13.5. The van der Waals surface area contributed by atoms with Gasteiger partial charge in [0.15, 0.2) is 5.82 Å². The third-order valence-corrected chi connectivity index (χ3v) is 3.29. The first-order valence-corrected chi connectivity index (χ1v) is 6.68. The molecule has 0 aliphatic carbocycles. The Hall–Kier alpha value is -1.89. The first-order chi connectivity index (χ1) is 8.95. The number of carboxylic acid groups (broad SMARTS) is 1. The van der Waals surface area contributed by atoms with Gasteiger partial charge in [0.25, 0.3) is 0 Å². The summed E-state index contributed by atoms with van der Waals surface area (Å²) in [6, 6.07) is 3.67. The maximum absolute atomic E-state index is 10.7. The lowest BCUT2D eigenvalue weighted by Gasteiger charge is -2.06. The van der Waals surface area contributed by atoms with E-state index in [1.807, 2.05) is 32.9 Å². The highest BCUT2D eigenvalue weighted by Gasteiger charge is 2.12. The molecule has 1 N–H and O–H groups in total. The van der Waals surface area contributed by atoms with Crippen LogP contribution < -0.4 is 0 Å². The van der Waals surface area contributed by atoms with Crippen LogP contribution in [0.4, 0.5) is 0 Å². The lowest BCUT2D eigenvalue weighted by atomic mass is 10.4. The molecule has 0 spiro atoms. The number of aryl methyl sites for hydroxylation is 3. The van der Waals surface area contributed by atoms with Gasteiger partial charge in [-0.25, -0.2) is 14.6 Å². The summed E-state index contributed by atoms with van der Waals surface area (Å²) in [6.45, 7) is 5.57. The summed E-state index contributed by atoms with van der Waals surface area (Å²) < 4.78 is 1.66. The van der Waals surface area contributed by atoms with E-state index in [-0.39, 0.29) is 5.75 Å². The van der Waals surface area contributed by atoms with Gasteiger partial charge in [-0.2, -0.15) is 5.10 Å². The van der Waals surface area contributed by atoms with Crippen LogP contribution in [-0.4, -0.2) is 36.6 Å². The van der Waals surface area contributed by atoms with Crippen LogP contribution in [0.25, 0.3) is 5.82 Å². The van der Waals surface area contributed by atoms with Crippen LogP contribution in [-0.2, 0) is 4.79 Å². The molecule has 0 saturated carbocycles. The molecule has 2 heterocycles. The minimum absolute atomic E-state index is 0.00577.